The largest absolute Gasteiger partial charge is 0.453 e. The van der Waals surface area contributed by atoms with E-state index in [1.54, 1.807) is 6.26 Å². The van der Waals surface area contributed by atoms with Crippen LogP contribution < -0.4 is 5.32 Å². The summed E-state index contributed by atoms with van der Waals surface area (Å²) in [5, 5.41) is 4.23. The van der Waals surface area contributed by atoms with E-state index in [9.17, 15) is 0 Å². The van der Waals surface area contributed by atoms with Crippen molar-refractivity contribution in [3.05, 3.63) is 23.1 Å². The SMILES string of the molecule is CCCNC(c1ccoc1Cl)C1CCC(CC)CC1. The highest BCUT2D eigenvalue weighted by Crippen LogP contribution is 2.40. The predicted octanol–water partition coefficient (Wildman–Crippen LogP) is 5.19. The van der Waals surface area contributed by atoms with Gasteiger partial charge in [0.25, 0.3) is 0 Å². The molecule has 0 aliphatic heterocycles. The third kappa shape index (κ3) is 3.76. The normalized spacial score (nSPS) is 25.4. The summed E-state index contributed by atoms with van der Waals surface area (Å²) in [6.45, 7) is 5.56. The van der Waals surface area contributed by atoms with E-state index < -0.39 is 0 Å². The second-order valence-corrected chi connectivity index (χ2v) is 6.11. The summed E-state index contributed by atoms with van der Waals surface area (Å²) in [5.41, 5.74) is 1.15. The summed E-state index contributed by atoms with van der Waals surface area (Å²) in [6, 6.07) is 2.39. The summed E-state index contributed by atoms with van der Waals surface area (Å²) >= 11 is 6.18. The van der Waals surface area contributed by atoms with E-state index in [0.29, 0.717) is 17.2 Å². The van der Waals surface area contributed by atoms with Crippen LogP contribution in [0.3, 0.4) is 0 Å². The molecule has 0 radical (unpaired) electrons. The summed E-state index contributed by atoms with van der Waals surface area (Å²) in [6.07, 6.45) is 9.52. The molecule has 0 saturated heterocycles. The molecular formula is C16H26ClNO. The molecule has 1 heterocycles. The molecule has 1 aliphatic rings. The third-order valence-corrected chi connectivity index (χ3v) is 4.84. The van der Waals surface area contributed by atoms with Crippen LogP contribution in [0.2, 0.25) is 5.22 Å². The molecule has 1 N–H and O–H groups in total. The Morgan fingerprint density at radius 3 is 2.58 bits per heavy atom. The topological polar surface area (TPSA) is 25.2 Å². The van der Waals surface area contributed by atoms with E-state index in [-0.39, 0.29) is 0 Å². The zero-order valence-corrected chi connectivity index (χ0v) is 12.9. The van der Waals surface area contributed by atoms with Crippen molar-refractivity contribution < 1.29 is 4.42 Å². The molecule has 2 rings (SSSR count). The molecule has 0 bridgehead atoms. The number of halogens is 1. The lowest BCUT2D eigenvalue weighted by Crippen LogP contribution is -2.31. The minimum atomic E-state index is 0.365. The molecule has 19 heavy (non-hydrogen) atoms. The van der Waals surface area contributed by atoms with Crippen LogP contribution in [0.25, 0.3) is 0 Å². The lowest BCUT2D eigenvalue weighted by molar-refractivity contribution is 0.218. The van der Waals surface area contributed by atoms with Gasteiger partial charge in [-0.05, 0) is 55.3 Å². The molecule has 0 aromatic carbocycles. The lowest BCUT2D eigenvalue weighted by atomic mass is 9.76. The molecule has 1 atom stereocenters. The van der Waals surface area contributed by atoms with Crippen molar-refractivity contribution in [2.24, 2.45) is 11.8 Å². The third-order valence-electron chi connectivity index (χ3n) is 4.54. The minimum absolute atomic E-state index is 0.365. The van der Waals surface area contributed by atoms with Crippen LogP contribution >= 0.6 is 11.6 Å². The first kappa shape index (κ1) is 14.9. The van der Waals surface area contributed by atoms with Crippen LogP contribution in [0, 0.1) is 11.8 Å². The molecular weight excluding hydrogens is 258 g/mol. The molecule has 3 heteroatoms. The van der Waals surface area contributed by atoms with Gasteiger partial charge in [0.1, 0.15) is 0 Å². The van der Waals surface area contributed by atoms with E-state index in [0.717, 1.165) is 24.4 Å². The minimum Gasteiger partial charge on any atom is -0.453 e. The molecule has 0 spiro atoms. The van der Waals surface area contributed by atoms with Crippen molar-refractivity contribution in [2.75, 3.05) is 6.54 Å². The van der Waals surface area contributed by atoms with Crippen LogP contribution in [0.1, 0.15) is 64.0 Å². The van der Waals surface area contributed by atoms with E-state index in [1.165, 1.54) is 32.1 Å². The highest BCUT2D eigenvalue weighted by Gasteiger charge is 2.29. The van der Waals surface area contributed by atoms with Gasteiger partial charge in [-0.15, -0.1) is 0 Å². The fourth-order valence-electron chi connectivity index (χ4n) is 3.29. The molecule has 0 amide bonds. The fraction of sp³-hybridized carbons (Fsp3) is 0.750. The average molecular weight is 284 g/mol. The maximum Gasteiger partial charge on any atom is 0.197 e. The smallest absolute Gasteiger partial charge is 0.197 e. The van der Waals surface area contributed by atoms with Gasteiger partial charge in [-0.2, -0.15) is 0 Å². The van der Waals surface area contributed by atoms with Gasteiger partial charge in [-0.1, -0.05) is 33.1 Å². The van der Waals surface area contributed by atoms with Crippen LogP contribution in [-0.2, 0) is 0 Å². The van der Waals surface area contributed by atoms with Crippen LogP contribution in [0.5, 0.6) is 0 Å². The highest BCUT2D eigenvalue weighted by molar-refractivity contribution is 6.29. The Morgan fingerprint density at radius 2 is 2.05 bits per heavy atom. The summed E-state index contributed by atoms with van der Waals surface area (Å²) in [7, 11) is 0. The number of rotatable bonds is 6. The van der Waals surface area contributed by atoms with E-state index in [2.05, 4.69) is 19.2 Å². The van der Waals surface area contributed by atoms with Crippen molar-refractivity contribution >= 4 is 11.6 Å². The number of hydrogen-bond donors (Lipinski definition) is 1. The van der Waals surface area contributed by atoms with Crippen molar-refractivity contribution in [2.45, 2.75) is 58.4 Å². The van der Waals surface area contributed by atoms with E-state index in [4.69, 9.17) is 16.0 Å². The van der Waals surface area contributed by atoms with Crippen LogP contribution in [-0.4, -0.2) is 6.54 Å². The first-order chi connectivity index (χ1) is 9.26. The summed E-state index contributed by atoms with van der Waals surface area (Å²) in [5.74, 6) is 1.63. The number of nitrogens with one attached hydrogen (secondary N) is 1. The van der Waals surface area contributed by atoms with Gasteiger partial charge in [-0.3, -0.25) is 0 Å². The average Bonchev–Trinajstić information content (AvgIpc) is 2.86. The molecule has 1 fully saturated rings. The Balaban J connectivity index is 2.04. The summed E-state index contributed by atoms with van der Waals surface area (Å²) < 4.78 is 5.28. The predicted molar refractivity (Wildman–Crippen MR) is 80.5 cm³/mol. The maximum atomic E-state index is 6.18. The zero-order valence-electron chi connectivity index (χ0n) is 12.1. The van der Waals surface area contributed by atoms with Gasteiger partial charge >= 0.3 is 0 Å². The first-order valence-corrected chi connectivity index (χ1v) is 8.10. The van der Waals surface area contributed by atoms with Crippen molar-refractivity contribution in [3.8, 4) is 0 Å². The van der Waals surface area contributed by atoms with Crippen LogP contribution in [0.15, 0.2) is 16.7 Å². The quantitative estimate of drug-likeness (QED) is 0.777. The van der Waals surface area contributed by atoms with Crippen molar-refractivity contribution in [1.29, 1.82) is 0 Å². The molecule has 1 aromatic rings. The second-order valence-electron chi connectivity index (χ2n) is 5.77. The molecule has 1 unspecified atom stereocenters. The molecule has 1 aliphatic carbocycles. The molecule has 108 valence electrons. The van der Waals surface area contributed by atoms with E-state index >= 15 is 0 Å². The van der Waals surface area contributed by atoms with Crippen molar-refractivity contribution in [3.63, 3.8) is 0 Å². The zero-order chi connectivity index (χ0) is 13.7. The Kier molecular flexibility index (Phi) is 5.77. The summed E-state index contributed by atoms with van der Waals surface area (Å²) in [4.78, 5) is 0. The fourth-order valence-corrected chi connectivity index (χ4v) is 3.52. The van der Waals surface area contributed by atoms with Gasteiger partial charge < -0.3 is 9.73 Å². The molecule has 2 nitrogen and oxygen atoms in total. The highest BCUT2D eigenvalue weighted by atomic mass is 35.5. The maximum absolute atomic E-state index is 6.18. The Morgan fingerprint density at radius 1 is 1.32 bits per heavy atom. The standard InChI is InChI=1S/C16H26ClNO/c1-3-10-18-15(14-9-11-19-16(14)17)13-7-5-12(4-2)6-8-13/h9,11-13,15,18H,3-8,10H2,1-2H3. The Bertz CT molecular complexity index is 369. The Labute approximate surface area is 121 Å². The first-order valence-electron chi connectivity index (χ1n) is 7.72. The Hall–Kier alpha value is -0.470. The number of furan rings is 1. The molecule has 1 aromatic heterocycles. The van der Waals surface area contributed by atoms with Gasteiger partial charge in [0.15, 0.2) is 5.22 Å². The van der Waals surface area contributed by atoms with Gasteiger partial charge in [0.05, 0.1) is 6.26 Å². The van der Waals surface area contributed by atoms with Gasteiger partial charge in [0, 0.05) is 11.6 Å². The second kappa shape index (κ2) is 7.35. The van der Waals surface area contributed by atoms with Crippen molar-refractivity contribution in [1.82, 2.24) is 5.32 Å². The van der Waals surface area contributed by atoms with Gasteiger partial charge in [-0.25, -0.2) is 0 Å². The molecule has 1 saturated carbocycles. The number of hydrogen-bond acceptors (Lipinski definition) is 2. The van der Waals surface area contributed by atoms with Gasteiger partial charge in [0.2, 0.25) is 0 Å². The van der Waals surface area contributed by atoms with E-state index in [1.807, 2.05) is 6.07 Å². The van der Waals surface area contributed by atoms with Crippen LogP contribution in [0.4, 0.5) is 0 Å². The monoisotopic (exact) mass is 283 g/mol. The lowest BCUT2D eigenvalue weighted by Gasteiger charge is -2.34.